The summed E-state index contributed by atoms with van der Waals surface area (Å²) in [5.74, 6) is 1.61. The van der Waals surface area contributed by atoms with Gasteiger partial charge in [0.15, 0.2) is 0 Å². The minimum absolute atomic E-state index is 0.215. The molecule has 4 aliphatic carbocycles. The van der Waals surface area contributed by atoms with Crippen LogP contribution in [0, 0.1) is 53.4 Å². The quantitative estimate of drug-likeness (QED) is 0.157. The first-order chi connectivity index (χ1) is 26.1. The molecule has 1 heterocycles. The first-order valence-corrected chi connectivity index (χ1v) is 20.4. The Hall–Kier alpha value is -4.82. The molecule has 4 aliphatic rings. The summed E-state index contributed by atoms with van der Waals surface area (Å²) in [6, 6.07) is 44.3. The molecule has 4 bridgehead atoms. The minimum Gasteiger partial charge on any atom is -0.455 e. The maximum Gasteiger partial charge on any atom is 0.242 e. The van der Waals surface area contributed by atoms with Crippen molar-refractivity contribution in [2.24, 2.45) is 11.8 Å². The summed E-state index contributed by atoms with van der Waals surface area (Å²) < 4.78 is 6.44. The molecule has 0 aliphatic heterocycles. The lowest BCUT2D eigenvalue weighted by Crippen LogP contribution is -2.57. The van der Waals surface area contributed by atoms with Crippen LogP contribution in [0.3, 0.4) is 0 Å². The van der Waals surface area contributed by atoms with E-state index < -0.39 is 0 Å². The van der Waals surface area contributed by atoms with E-state index in [0.717, 1.165) is 23.0 Å². The highest BCUT2D eigenvalue weighted by molar-refractivity contribution is 6.96. The van der Waals surface area contributed by atoms with Gasteiger partial charge in [-0.25, -0.2) is 0 Å². The Balaban J connectivity index is 1.01. The Morgan fingerprint density at radius 2 is 1.04 bits per heavy atom. The molecular weight excluding hydrogens is 651 g/mol. The molecular formula is C52H51BO. The molecule has 0 saturated heterocycles. The van der Waals surface area contributed by atoms with E-state index >= 15 is 0 Å². The Bertz CT molecular complexity index is 2470. The average molecular weight is 703 g/mol. The van der Waals surface area contributed by atoms with Crippen LogP contribution in [0.5, 0.6) is 0 Å². The molecule has 0 spiro atoms. The number of hydrogen-bond acceptors (Lipinski definition) is 1. The van der Waals surface area contributed by atoms with Gasteiger partial charge >= 0.3 is 0 Å². The summed E-state index contributed by atoms with van der Waals surface area (Å²) in [6.45, 7) is 13.9. The fourth-order valence-electron chi connectivity index (χ4n) is 12.7. The zero-order valence-corrected chi connectivity index (χ0v) is 32.9. The van der Waals surface area contributed by atoms with Crippen LogP contribution >= 0.6 is 0 Å². The Morgan fingerprint density at radius 1 is 0.537 bits per heavy atom. The van der Waals surface area contributed by atoms with E-state index in [1.54, 1.807) is 11.1 Å². The van der Waals surface area contributed by atoms with Crippen molar-refractivity contribution < 1.29 is 4.42 Å². The number of benzene rings is 6. The van der Waals surface area contributed by atoms with Gasteiger partial charge in [0.25, 0.3) is 0 Å². The number of hydrogen-bond donors (Lipinski definition) is 0. The fourth-order valence-corrected chi connectivity index (χ4v) is 12.7. The van der Waals surface area contributed by atoms with Crippen molar-refractivity contribution in [3.05, 3.63) is 160 Å². The number of furan rings is 1. The largest absolute Gasteiger partial charge is 0.455 e. The lowest BCUT2D eigenvalue weighted by Gasteiger charge is -2.63. The zero-order valence-electron chi connectivity index (χ0n) is 32.9. The number of aryl methyl sites for hydroxylation is 6. The van der Waals surface area contributed by atoms with Crippen molar-refractivity contribution in [3.63, 3.8) is 0 Å². The molecule has 4 fully saturated rings. The second-order valence-corrected chi connectivity index (χ2v) is 18.1. The van der Waals surface area contributed by atoms with Crippen LogP contribution in [0.15, 0.2) is 120 Å². The van der Waals surface area contributed by atoms with E-state index in [0.29, 0.717) is 0 Å². The highest BCUT2D eigenvalue weighted by atomic mass is 16.3. The molecule has 2 unspecified atom stereocenters. The second kappa shape index (κ2) is 12.4. The third-order valence-electron chi connectivity index (χ3n) is 14.2. The minimum atomic E-state index is 0.215. The Morgan fingerprint density at radius 3 is 1.59 bits per heavy atom. The van der Waals surface area contributed by atoms with Crippen LogP contribution in [0.4, 0.5) is 0 Å². The molecule has 1 aromatic heterocycles. The maximum atomic E-state index is 6.44. The predicted octanol–water partition coefficient (Wildman–Crippen LogP) is 11.4. The van der Waals surface area contributed by atoms with Crippen molar-refractivity contribution >= 4 is 45.0 Å². The lowest BCUT2D eigenvalue weighted by atomic mass is 9.34. The first-order valence-electron chi connectivity index (χ1n) is 20.4. The lowest BCUT2D eigenvalue weighted by molar-refractivity contribution is -0.0281. The predicted molar refractivity (Wildman–Crippen MR) is 230 cm³/mol. The highest BCUT2D eigenvalue weighted by Crippen LogP contribution is 2.66. The molecule has 1 nitrogen and oxygen atoms in total. The third-order valence-corrected chi connectivity index (χ3v) is 14.2. The van der Waals surface area contributed by atoms with Gasteiger partial charge in [0.1, 0.15) is 11.2 Å². The van der Waals surface area contributed by atoms with E-state index in [2.05, 4.69) is 157 Å². The van der Waals surface area contributed by atoms with Crippen LogP contribution < -0.4 is 16.4 Å². The Kier molecular flexibility index (Phi) is 7.72. The summed E-state index contributed by atoms with van der Waals surface area (Å²) in [6.07, 6.45) is 8.02. The van der Waals surface area contributed by atoms with E-state index in [9.17, 15) is 0 Å². The molecule has 4 saturated carbocycles. The SMILES string of the molecule is Cc1cc(C)c(B(c2ccc(C34CC5CC(C3)CC(c3ccc(-c6cccc7c6oc6ccccc67)cc3)(C5)C4)cc2)c2c(C)cc(C)cc2C)c(C)c1. The molecule has 2 heteroatoms. The zero-order chi connectivity index (χ0) is 36.9. The molecule has 0 N–H and O–H groups in total. The van der Waals surface area contributed by atoms with Gasteiger partial charge in [-0.1, -0.05) is 159 Å². The number of fused-ring (bicyclic) bond motifs is 3. The van der Waals surface area contributed by atoms with Crippen molar-refractivity contribution in [1.82, 2.24) is 0 Å². The molecule has 268 valence electrons. The van der Waals surface area contributed by atoms with E-state index in [1.807, 2.05) is 0 Å². The van der Waals surface area contributed by atoms with Crippen molar-refractivity contribution in [2.75, 3.05) is 0 Å². The van der Waals surface area contributed by atoms with E-state index in [1.165, 1.54) is 110 Å². The molecule has 6 aromatic carbocycles. The van der Waals surface area contributed by atoms with Gasteiger partial charge < -0.3 is 4.42 Å². The summed E-state index contributed by atoms with van der Waals surface area (Å²) >= 11 is 0. The molecule has 54 heavy (non-hydrogen) atoms. The van der Waals surface area contributed by atoms with Crippen molar-refractivity contribution in [2.45, 2.75) is 90.9 Å². The van der Waals surface area contributed by atoms with Gasteiger partial charge in [-0.15, -0.1) is 0 Å². The average Bonchev–Trinajstić information content (AvgIpc) is 3.52. The van der Waals surface area contributed by atoms with Gasteiger partial charge in [0.05, 0.1) is 0 Å². The van der Waals surface area contributed by atoms with Crippen LogP contribution in [-0.4, -0.2) is 6.71 Å². The van der Waals surface area contributed by atoms with Crippen molar-refractivity contribution in [1.29, 1.82) is 0 Å². The highest BCUT2D eigenvalue weighted by Gasteiger charge is 2.58. The van der Waals surface area contributed by atoms with E-state index in [4.69, 9.17) is 4.42 Å². The van der Waals surface area contributed by atoms with Gasteiger partial charge in [0, 0.05) is 16.3 Å². The maximum absolute atomic E-state index is 6.44. The summed E-state index contributed by atoms with van der Waals surface area (Å²) in [4.78, 5) is 0. The molecule has 0 radical (unpaired) electrons. The number of para-hydroxylation sites is 2. The summed E-state index contributed by atoms with van der Waals surface area (Å²) in [7, 11) is 0. The van der Waals surface area contributed by atoms with Crippen LogP contribution in [0.2, 0.25) is 0 Å². The van der Waals surface area contributed by atoms with Gasteiger partial charge in [0.2, 0.25) is 6.71 Å². The molecule has 0 amide bonds. The number of rotatable bonds is 6. The first kappa shape index (κ1) is 33.7. The van der Waals surface area contributed by atoms with Crippen LogP contribution in [-0.2, 0) is 10.8 Å². The molecule has 11 rings (SSSR count). The monoisotopic (exact) mass is 702 g/mol. The Labute approximate surface area is 321 Å². The smallest absolute Gasteiger partial charge is 0.242 e. The standard InChI is InChI=1S/C52H51BO/c1-32-22-34(3)48(35(4)23-32)53(49-36(5)24-33(2)25-37(49)6)43-20-18-42(19-21-43)52-29-38-26-39(30-52)28-51(27-38,31-52)41-16-14-40(15-17-41)44-11-9-12-46-45-10-7-8-13-47(45)54-50(44)46/h7-25,38-39H,26-31H2,1-6H3. The van der Waals surface area contributed by atoms with Crippen molar-refractivity contribution in [3.8, 4) is 11.1 Å². The van der Waals surface area contributed by atoms with E-state index in [-0.39, 0.29) is 17.5 Å². The summed E-state index contributed by atoms with van der Waals surface area (Å²) in [5.41, 5.74) is 20.6. The fraction of sp³-hybridized carbons (Fsp3) is 0.308. The van der Waals surface area contributed by atoms with Gasteiger partial charge in [-0.05, 0) is 125 Å². The third kappa shape index (κ3) is 5.27. The van der Waals surface area contributed by atoms with Gasteiger partial charge in [-0.2, -0.15) is 0 Å². The topological polar surface area (TPSA) is 13.1 Å². The van der Waals surface area contributed by atoms with Crippen LogP contribution in [0.25, 0.3) is 33.1 Å². The second-order valence-electron chi connectivity index (χ2n) is 18.1. The van der Waals surface area contributed by atoms with Crippen LogP contribution in [0.1, 0.15) is 83.0 Å². The molecule has 2 atom stereocenters. The molecule has 7 aromatic rings. The normalized spacial score (nSPS) is 23.1. The van der Waals surface area contributed by atoms with Gasteiger partial charge in [-0.3, -0.25) is 0 Å². The summed E-state index contributed by atoms with van der Waals surface area (Å²) in [5, 5.41) is 2.38.